The van der Waals surface area contributed by atoms with E-state index >= 15 is 0 Å². The first-order chi connectivity index (χ1) is 17.4. The maximum Gasteiger partial charge on any atom is 0.328 e. The summed E-state index contributed by atoms with van der Waals surface area (Å²) in [5.74, 6) is 0.723. The number of aromatic nitrogens is 5. The molecule has 0 saturated heterocycles. The molecule has 0 radical (unpaired) electrons. The lowest BCUT2D eigenvalue weighted by molar-refractivity contribution is -0.113. The molecule has 182 valence electrons. The van der Waals surface area contributed by atoms with Crippen molar-refractivity contribution in [3.63, 3.8) is 0 Å². The number of aryl methyl sites for hydroxylation is 2. The molecule has 0 atom stereocenters. The second-order valence-electron chi connectivity index (χ2n) is 8.31. The second kappa shape index (κ2) is 10.0. The molecule has 36 heavy (non-hydrogen) atoms. The lowest BCUT2D eigenvalue weighted by Crippen LogP contribution is -2.19. The predicted molar refractivity (Wildman–Crippen MR) is 143 cm³/mol. The number of hydrogen-bond donors (Lipinski definition) is 1. The third kappa shape index (κ3) is 4.80. The van der Waals surface area contributed by atoms with E-state index < -0.39 is 0 Å². The van der Waals surface area contributed by atoms with Gasteiger partial charge in [-0.1, -0.05) is 53.7 Å². The zero-order chi connectivity index (χ0) is 25.2. The minimum Gasteiger partial charge on any atom is -0.325 e. The highest BCUT2D eigenvalue weighted by Gasteiger charge is 2.17. The van der Waals surface area contributed by atoms with Crippen LogP contribution < -0.4 is 11.0 Å². The van der Waals surface area contributed by atoms with Crippen molar-refractivity contribution in [3.8, 4) is 5.69 Å². The minimum absolute atomic E-state index is 0.114. The van der Waals surface area contributed by atoms with E-state index in [0.29, 0.717) is 22.3 Å². The zero-order valence-corrected chi connectivity index (χ0v) is 21.3. The van der Waals surface area contributed by atoms with Crippen LogP contribution in [0.1, 0.15) is 11.4 Å². The standard InChI is InChI=1S/C26H23ClN6O2S/c1-31-21-13-10-19(15-22(21)32(2)26(31)35)28-24(34)16-36-25-30-29-23(14-17-6-4-3-5-7-17)33(25)20-11-8-18(27)9-12-20/h3-13,15H,14,16H2,1-2H3,(H,28,34). The Kier molecular flexibility index (Phi) is 6.67. The van der Waals surface area contributed by atoms with Gasteiger partial charge in [-0.25, -0.2) is 4.79 Å². The number of amides is 1. The van der Waals surface area contributed by atoms with Gasteiger partial charge in [-0.15, -0.1) is 10.2 Å². The maximum atomic E-state index is 12.8. The van der Waals surface area contributed by atoms with Crippen molar-refractivity contribution < 1.29 is 4.79 Å². The number of benzene rings is 3. The summed E-state index contributed by atoms with van der Waals surface area (Å²) in [4.78, 5) is 25.0. The molecular weight excluding hydrogens is 496 g/mol. The molecule has 5 aromatic rings. The van der Waals surface area contributed by atoms with E-state index in [-0.39, 0.29) is 17.3 Å². The van der Waals surface area contributed by atoms with Crippen LogP contribution in [0.15, 0.2) is 82.7 Å². The van der Waals surface area contributed by atoms with Crippen LogP contribution in [0, 0.1) is 0 Å². The SMILES string of the molecule is Cn1c(=O)n(C)c2cc(NC(=O)CSc3nnc(Cc4ccccc4)n3-c3ccc(Cl)cc3)ccc21. The quantitative estimate of drug-likeness (QED) is 0.322. The van der Waals surface area contributed by atoms with Crippen LogP contribution in [-0.4, -0.2) is 35.6 Å². The number of carbonyl (C=O) groups excluding carboxylic acids is 1. The molecule has 8 nitrogen and oxygen atoms in total. The minimum atomic E-state index is -0.185. The summed E-state index contributed by atoms with van der Waals surface area (Å²) in [5.41, 5.74) is 4.04. The van der Waals surface area contributed by atoms with Crippen LogP contribution in [0.4, 0.5) is 5.69 Å². The van der Waals surface area contributed by atoms with E-state index in [1.165, 1.54) is 11.8 Å². The molecule has 1 amide bonds. The Balaban J connectivity index is 1.36. The molecular formula is C26H23ClN6O2S. The number of nitrogens with zero attached hydrogens (tertiary/aromatic N) is 5. The van der Waals surface area contributed by atoms with E-state index in [4.69, 9.17) is 11.6 Å². The Hall–Kier alpha value is -3.82. The van der Waals surface area contributed by atoms with E-state index in [9.17, 15) is 9.59 Å². The van der Waals surface area contributed by atoms with Gasteiger partial charge in [0.15, 0.2) is 5.16 Å². The van der Waals surface area contributed by atoms with E-state index in [2.05, 4.69) is 15.5 Å². The molecule has 1 N–H and O–H groups in total. The predicted octanol–water partition coefficient (Wildman–Crippen LogP) is 4.43. The van der Waals surface area contributed by atoms with Crippen LogP contribution in [0.25, 0.3) is 16.7 Å². The number of fused-ring (bicyclic) bond motifs is 1. The topological polar surface area (TPSA) is 86.7 Å². The van der Waals surface area contributed by atoms with Crippen molar-refractivity contribution in [3.05, 3.63) is 99.7 Å². The first kappa shape index (κ1) is 23.9. The van der Waals surface area contributed by atoms with Gasteiger partial charge >= 0.3 is 5.69 Å². The van der Waals surface area contributed by atoms with Gasteiger partial charge in [-0.05, 0) is 48.0 Å². The molecule has 0 bridgehead atoms. The van der Waals surface area contributed by atoms with Crippen molar-refractivity contribution in [2.24, 2.45) is 14.1 Å². The van der Waals surface area contributed by atoms with Gasteiger partial charge < -0.3 is 5.32 Å². The van der Waals surface area contributed by atoms with Crippen LogP contribution in [0.2, 0.25) is 5.02 Å². The summed E-state index contributed by atoms with van der Waals surface area (Å²) in [5, 5.41) is 13.0. The molecule has 10 heteroatoms. The van der Waals surface area contributed by atoms with Gasteiger partial charge in [0.25, 0.3) is 0 Å². The number of anilines is 1. The first-order valence-corrected chi connectivity index (χ1v) is 12.6. The van der Waals surface area contributed by atoms with Gasteiger partial charge in [0.2, 0.25) is 5.91 Å². The molecule has 0 saturated carbocycles. The van der Waals surface area contributed by atoms with Crippen molar-refractivity contribution >= 4 is 46.0 Å². The molecule has 0 fully saturated rings. The fourth-order valence-corrected chi connectivity index (χ4v) is 4.94. The molecule has 3 aromatic carbocycles. The third-order valence-corrected chi connectivity index (χ3v) is 7.06. The largest absolute Gasteiger partial charge is 0.328 e. The summed E-state index contributed by atoms with van der Waals surface area (Å²) in [6.07, 6.45) is 0.596. The van der Waals surface area contributed by atoms with Crippen LogP contribution in [-0.2, 0) is 25.3 Å². The number of nitrogens with one attached hydrogen (secondary N) is 1. The second-order valence-corrected chi connectivity index (χ2v) is 9.69. The van der Waals surface area contributed by atoms with Crippen molar-refractivity contribution in [1.82, 2.24) is 23.9 Å². The van der Waals surface area contributed by atoms with Gasteiger partial charge in [0.1, 0.15) is 5.82 Å². The van der Waals surface area contributed by atoms with Crippen LogP contribution in [0.3, 0.4) is 0 Å². The highest BCUT2D eigenvalue weighted by atomic mass is 35.5. The van der Waals surface area contributed by atoms with E-state index in [1.807, 2.05) is 65.2 Å². The molecule has 0 aliphatic carbocycles. The summed E-state index contributed by atoms with van der Waals surface area (Å²) in [6.45, 7) is 0. The average molecular weight is 519 g/mol. The zero-order valence-electron chi connectivity index (χ0n) is 19.7. The molecule has 0 unspecified atom stereocenters. The number of thioether (sulfide) groups is 1. The molecule has 0 aliphatic rings. The Bertz CT molecular complexity index is 1610. The number of halogens is 1. The summed E-state index contributed by atoms with van der Waals surface area (Å²) in [7, 11) is 3.44. The van der Waals surface area contributed by atoms with Crippen molar-refractivity contribution in [2.75, 3.05) is 11.1 Å². The normalized spacial score (nSPS) is 11.2. The Labute approximate surface area is 216 Å². The Morgan fingerprint density at radius 2 is 1.67 bits per heavy atom. The lowest BCUT2D eigenvalue weighted by Gasteiger charge is -2.11. The summed E-state index contributed by atoms with van der Waals surface area (Å²) in [6, 6.07) is 22.9. The lowest BCUT2D eigenvalue weighted by atomic mass is 10.1. The number of imidazole rings is 1. The van der Waals surface area contributed by atoms with Crippen molar-refractivity contribution in [2.45, 2.75) is 11.6 Å². The molecule has 2 aromatic heterocycles. The fourth-order valence-electron chi connectivity index (χ4n) is 4.05. The third-order valence-electron chi connectivity index (χ3n) is 5.88. The molecule has 5 rings (SSSR count). The summed E-state index contributed by atoms with van der Waals surface area (Å²) < 4.78 is 5.09. The van der Waals surface area contributed by atoms with Gasteiger partial charge in [0, 0.05) is 36.9 Å². The van der Waals surface area contributed by atoms with Crippen molar-refractivity contribution in [1.29, 1.82) is 0 Å². The van der Waals surface area contributed by atoms with E-state index in [0.717, 1.165) is 28.1 Å². The van der Waals surface area contributed by atoms with Crippen LogP contribution >= 0.6 is 23.4 Å². The first-order valence-electron chi connectivity index (χ1n) is 11.2. The Morgan fingerprint density at radius 1 is 0.944 bits per heavy atom. The highest BCUT2D eigenvalue weighted by Crippen LogP contribution is 2.25. The average Bonchev–Trinajstić information content (AvgIpc) is 3.38. The number of rotatable bonds is 7. The smallest absolute Gasteiger partial charge is 0.325 e. The maximum absolute atomic E-state index is 12.8. The number of hydrogen-bond acceptors (Lipinski definition) is 5. The van der Waals surface area contributed by atoms with E-state index in [1.54, 1.807) is 35.4 Å². The molecule has 2 heterocycles. The summed E-state index contributed by atoms with van der Waals surface area (Å²) >= 11 is 7.40. The monoisotopic (exact) mass is 518 g/mol. The highest BCUT2D eigenvalue weighted by molar-refractivity contribution is 7.99. The Morgan fingerprint density at radius 3 is 2.42 bits per heavy atom. The van der Waals surface area contributed by atoms with Gasteiger partial charge in [-0.2, -0.15) is 0 Å². The van der Waals surface area contributed by atoms with Gasteiger partial charge in [-0.3, -0.25) is 18.5 Å². The van der Waals surface area contributed by atoms with Gasteiger partial charge in [0.05, 0.1) is 16.8 Å². The molecule has 0 aliphatic heterocycles. The molecule has 0 spiro atoms. The van der Waals surface area contributed by atoms with Crippen LogP contribution in [0.5, 0.6) is 0 Å². The number of carbonyl (C=O) groups is 1. The fraction of sp³-hybridized carbons (Fsp3) is 0.154.